The topological polar surface area (TPSA) is 80.0 Å². The first-order chi connectivity index (χ1) is 9.63. The van der Waals surface area contributed by atoms with Crippen LogP contribution in [0.4, 0.5) is 5.13 Å². The number of aryl methyl sites for hydroxylation is 2. The van der Waals surface area contributed by atoms with Crippen LogP contribution in [0.3, 0.4) is 0 Å². The van der Waals surface area contributed by atoms with Crippen LogP contribution in [0.5, 0.6) is 0 Å². The van der Waals surface area contributed by atoms with Gasteiger partial charge in [0.1, 0.15) is 5.92 Å². The minimum Gasteiger partial charge on any atom is -0.481 e. The van der Waals surface area contributed by atoms with Crippen molar-refractivity contribution in [1.29, 1.82) is 0 Å². The molecule has 2 heterocycles. The van der Waals surface area contributed by atoms with Crippen LogP contribution in [0.15, 0.2) is 12.4 Å². The van der Waals surface area contributed by atoms with E-state index in [1.807, 2.05) is 24.0 Å². The number of carboxylic acid groups (broad SMARTS) is 1. The lowest BCUT2D eigenvalue weighted by Gasteiger charge is -2.04. The molecule has 1 aliphatic carbocycles. The second kappa shape index (κ2) is 5.24. The summed E-state index contributed by atoms with van der Waals surface area (Å²) in [5.41, 5.74) is 1.89. The van der Waals surface area contributed by atoms with E-state index in [2.05, 4.69) is 15.4 Å². The van der Waals surface area contributed by atoms with Gasteiger partial charge < -0.3 is 10.4 Å². The summed E-state index contributed by atoms with van der Waals surface area (Å²) in [5, 5.41) is 17.4. The third kappa shape index (κ3) is 2.53. The SMILES string of the molecule is Cc1cnn(CCNc2nc3c(s2)CCC3C(=O)O)c1. The van der Waals surface area contributed by atoms with Crippen molar-refractivity contribution < 1.29 is 9.90 Å². The fourth-order valence-electron chi connectivity index (χ4n) is 2.41. The molecule has 2 aromatic rings. The lowest BCUT2D eigenvalue weighted by Crippen LogP contribution is -2.12. The zero-order chi connectivity index (χ0) is 14.1. The van der Waals surface area contributed by atoms with Crippen LogP contribution in [-0.4, -0.2) is 32.4 Å². The molecule has 20 heavy (non-hydrogen) atoms. The van der Waals surface area contributed by atoms with E-state index in [0.29, 0.717) is 6.42 Å². The first-order valence-corrected chi connectivity index (χ1v) is 7.40. The van der Waals surface area contributed by atoms with Gasteiger partial charge in [-0.25, -0.2) is 4.98 Å². The molecule has 6 nitrogen and oxygen atoms in total. The van der Waals surface area contributed by atoms with Gasteiger partial charge in [0.05, 0.1) is 18.4 Å². The van der Waals surface area contributed by atoms with Crippen LogP contribution in [0, 0.1) is 6.92 Å². The number of carbonyl (C=O) groups is 1. The first kappa shape index (κ1) is 13.1. The van der Waals surface area contributed by atoms with Crippen molar-refractivity contribution in [2.75, 3.05) is 11.9 Å². The van der Waals surface area contributed by atoms with E-state index in [-0.39, 0.29) is 0 Å². The fourth-order valence-corrected chi connectivity index (χ4v) is 3.47. The summed E-state index contributed by atoms with van der Waals surface area (Å²) in [6.07, 6.45) is 5.32. The number of anilines is 1. The Morgan fingerprint density at radius 2 is 2.50 bits per heavy atom. The van der Waals surface area contributed by atoms with Crippen LogP contribution >= 0.6 is 11.3 Å². The van der Waals surface area contributed by atoms with Gasteiger partial charge in [0.2, 0.25) is 0 Å². The van der Waals surface area contributed by atoms with Crippen LogP contribution in [0.25, 0.3) is 0 Å². The van der Waals surface area contributed by atoms with Crippen molar-refractivity contribution >= 4 is 22.4 Å². The molecule has 0 radical (unpaired) electrons. The highest BCUT2D eigenvalue weighted by Gasteiger charge is 2.32. The number of thiazole rings is 1. The Morgan fingerprint density at radius 1 is 1.65 bits per heavy atom. The average Bonchev–Trinajstić information content (AvgIpc) is 3.04. The van der Waals surface area contributed by atoms with Crippen molar-refractivity contribution in [2.24, 2.45) is 0 Å². The molecule has 7 heteroatoms. The maximum Gasteiger partial charge on any atom is 0.312 e. The fraction of sp³-hybridized carbons (Fsp3) is 0.462. The van der Waals surface area contributed by atoms with Gasteiger partial charge in [-0.2, -0.15) is 5.10 Å². The van der Waals surface area contributed by atoms with Crippen LogP contribution < -0.4 is 5.32 Å². The van der Waals surface area contributed by atoms with Gasteiger partial charge in [-0.1, -0.05) is 0 Å². The lowest BCUT2D eigenvalue weighted by molar-refractivity contribution is -0.138. The normalized spacial score (nSPS) is 17.1. The summed E-state index contributed by atoms with van der Waals surface area (Å²) in [6.45, 7) is 3.50. The molecule has 1 aliphatic rings. The third-order valence-electron chi connectivity index (χ3n) is 3.40. The highest BCUT2D eigenvalue weighted by Crippen LogP contribution is 2.38. The number of rotatable bonds is 5. The highest BCUT2D eigenvalue weighted by molar-refractivity contribution is 7.15. The Morgan fingerprint density at radius 3 is 3.20 bits per heavy atom. The average molecular weight is 292 g/mol. The molecular weight excluding hydrogens is 276 g/mol. The molecule has 2 aromatic heterocycles. The Labute approximate surface area is 120 Å². The number of nitrogens with one attached hydrogen (secondary N) is 1. The van der Waals surface area contributed by atoms with Crippen molar-refractivity contribution in [3.8, 4) is 0 Å². The molecule has 0 saturated heterocycles. The monoisotopic (exact) mass is 292 g/mol. The molecule has 0 aromatic carbocycles. The molecule has 0 amide bonds. The summed E-state index contributed by atoms with van der Waals surface area (Å²) in [4.78, 5) is 16.6. The first-order valence-electron chi connectivity index (χ1n) is 6.59. The maximum absolute atomic E-state index is 11.1. The summed E-state index contributed by atoms with van der Waals surface area (Å²) < 4.78 is 1.88. The molecule has 0 saturated carbocycles. The number of hydrogen-bond acceptors (Lipinski definition) is 5. The molecule has 2 N–H and O–H groups in total. The minimum atomic E-state index is -0.771. The number of carboxylic acids is 1. The van der Waals surface area contributed by atoms with Gasteiger partial charge >= 0.3 is 5.97 Å². The van der Waals surface area contributed by atoms with Gasteiger partial charge in [-0.05, 0) is 25.3 Å². The maximum atomic E-state index is 11.1. The number of aromatic nitrogens is 3. The Hall–Kier alpha value is -1.89. The Kier molecular flexibility index (Phi) is 3.43. The van der Waals surface area contributed by atoms with Crippen LogP contribution in [0.2, 0.25) is 0 Å². The summed E-state index contributed by atoms with van der Waals surface area (Å²) in [5.74, 6) is -1.20. The van der Waals surface area contributed by atoms with Gasteiger partial charge in [0.15, 0.2) is 5.13 Å². The van der Waals surface area contributed by atoms with E-state index in [9.17, 15) is 4.79 Å². The standard InChI is InChI=1S/C13H16N4O2S/c1-8-6-15-17(7-8)5-4-14-13-16-11-9(12(18)19)2-3-10(11)20-13/h6-7,9H,2-5H2,1H3,(H,14,16)(H,18,19). The molecule has 1 atom stereocenters. The second-order valence-electron chi connectivity index (χ2n) is 4.96. The number of hydrogen-bond donors (Lipinski definition) is 2. The van der Waals surface area contributed by atoms with Crippen LogP contribution in [0.1, 0.15) is 28.5 Å². The predicted octanol–water partition coefficient (Wildman–Crippen LogP) is 1.87. The molecule has 3 rings (SSSR count). The van der Waals surface area contributed by atoms with E-state index in [1.54, 1.807) is 11.3 Å². The quantitative estimate of drug-likeness (QED) is 0.879. The zero-order valence-corrected chi connectivity index (χ0v) is 12.0. The number of aliphatic carboxylic acids is 1. The van der Waals surface area contributed by atoms with E-state index in [1.165, 1.54) is 0 Å². The molecule has 1 unspecified atom stereocenters. The zero-order valence-electron chi connectivity index (χ0n) is 11.2. The van der Waals surface area contributed by atoms with E-state index in [4.69, 9.17) is 5.11 Å². The van der Waals surface area contributed by atoms with Crippen LogP contribution in [-0.2, 0) is 17.8 Å². The predicted molar refractivity (Wildman–Crippen MR) is 76.3 cm³/mol. The minimum absolute atomic E-state index is 0.425. The van der Waals surface area contributed by atoms with Crippen molar-refractivity contribution in [2.45, 2.75) is 32.2 Å². The van der Waals surface area contributed by atoms with Crippen molar-refractivity contribution in [3.63, 3.8) is 0 Å². The summed E-state index contributed by atoms with van der Waals surface area (Å²) in [7, 11) is 0. The van der Waals surface area contributed by atoms with Gasteiger partial charge in [0, 0.05) is 17.6 Å². The molecule has 0 aliphatic heterocycles. The lowest BCUT2D eigenvalue weighted by atomic mass is 10.1. The Bertz CT molecular complexity index is 634. The smallest absolute Gasteiger partial charge is 0.312 e. The summed E-state index contributed by atoms with van der Waals surface area (Å²) in [6, 6.07) is 0. The van der Waals surface area contributed by atoms with Gasteiger partial charge in [-0.3, -0.25) is 9.48 Å². The van der Waals surface area contributed by atoms with Crippen molar-refractivity contribution in [3.05, 3.63) is 28.5 Å². The van der Waals surface area contributed by atoms with Gasteiger partial charge in [-0.15, -0.1) is 11.3 Å². The largest absolute Gasteiger partial charge is 0.481 e. The number of nitrogens with zero attached hydrogens (tertiary/aromatic N) is 3. The van der Waals surface area contributed by atoms with E-state index < -0.39 is 11.9 Å². The molecule has 0 fully saturated rings. The molecular formula is C13H16N4O2S. The number of fused-ring (bicyclic) bond motifs is 1. The van der Waals surface area contributed by atoms with Crippen molar-refractivity contribution in [1.82, 2.24) is 14.8 Å². The molecule has 0 spiro atoms. The highest BCUT2D eigenvalue weighted by atomic mass is 32.1. The Balaban J connectivity index is 1.59. The van der Waals surface area contributed by atoms with E-state index in [0.717, 1.165) is 40.8 Å². The second-order valence-corrected chi connectivity index (χ2v) is 6.05. The molecule has 106 valence electrons. The summed E-state index contributed by atoms with van der Waals surface area (Å²) >= 11 is 1.57. The molecule has 0 bridgehead atoms. The van der Waals surface area contributed by atoms with Gasteiger partial charge in [0.25, 0.3) is 0 Å². The third-order valence-corrected chi connectivity index (χ3v) is 4.48. The van der Waals surface area contributed by atoms with E-state index >= 15 is 0 Å².